The maximum Gasteiger partial charge on any atom is 0.194 e. The predicted molar refractivity (Wildman–Crippen MR) is 126 cm³/mol. The highest BCUT2D eigenvalue weighted by Crippen LogP contribution is 2.38. The molecule has 0 unspecified atom stereocenters. The molecule has 0 aromatic heterocycles. The molecule has 7 aromatic rings. The zero-order chi connectivity index (χ0) is 20.0. The summed E-state index contributed by atoms with van der Waals surface area (Å²) in [5.41, 5.74) is 0.146. The molecule has 2 nitrogen and oxygen atoms in total. The van der Waals surface area contributed by atoms with Gasteiger partial charge in [-0.3, -0.25) is 9.59 Å². The topological polar surface area (TPSA) is 34.1 Å². The third-order valence-corrected chi connectivity index (χ3v) is 6.53. The van der Waals surface area contributed by atoms with Crippen molar-refractivity contribution >= 4 is 64.6 Å². The van der Waals surface area contributed by atoms with Gasteiger partial charge in [0.05, 0.1) is 0 Å². The van der Waals surface area contributed by atoms with Crippen LogP contribution in [0.2, 0.25) is 0 Å². The lowest BCUT2D eigenvalue weighted by Gasteiger charge is -2.07. The van der Waals surface area contributed by atoms with E-state index in [1.807, 2.05) is 66.7 Å². The molecule has 0 heterocycles. The Kier molecular flexibility index (Phi) is 2.80. The molecule has 0 radical (unpaired) electrons. The van der Waals surface area contributed by atoms with Crippen LogP contribution >= 0.6 is 0 Å². The zero-order valence-corrected chi connectivity index (χ0v) is 15.9. The number of hydrogen-bond acceptors (Lipinski definition) is 2. The highest BCUT2D eigenvalue weighted by Gasteiger charge is 2.16. The van der Waals surface area contributed by atoms with E-state index in [-0.39, 0.29) is 10.9 Å². The summed E-state index contributed by atoms with van der Waals surface area (Å²) in [6.45, 7) is 0. The van der Waals surface area contributed by atoms with Gasteiger partial charge in [-0.25, -0.2) is 0 Å². The molecule has 0 saturated carbocycles. The minimum Gasteiger partial charge on any atom is -0.289 e. The van der Waals surface area contributed by atoms with Crippen LogP contribution in [-0.2, 0) is 0 Å². The van der Waals surface area contributed by atoms with Crippen molar-refractivity contribution in [3.05, 3.63) is 105 Å². The van der Waals surface area contributed by atoms with Gasteiger partial charge in [-0.15, -0.1) is 0 Å². The largest absolute Gasteiger partial charge is 0.289 e. The molecule has 0 fully saturated rings. The molecule has 0 aliphatic carbocycles. The summed E-state index contributed by atoms with van der Waals surface area (Å²) in [5.74, 6) is 0. The summed E-state index contributed by atoms with van der Waals surface area (Å²) in [4.78, 5) is 26.1. The first-order chi connectivity index (χ1) is 14.7. The Bertz CT molecular complexity index is 1930. The predicted octanol–water partition coefficient (Wildman–Crippen LogP) is 6.20. The lowest BCUT2D eigenvalue weighted by atomic mass is 9.95. The average Bonchev–Trinajstić information content (AvgIpc) is 3.24. The van der Waals surface area contributed by atoms with Gasteiger partial charge in [-0.1, -0.05) is 66.7 Å². The minimum atomic E-state index is 0.0727. The first-order valence-corrected chi connectivity index (χ1v) is 10.0. The number of fused-ring (bicyclic) bond motifs is 10. The van der Waals surface area contributed by atoms with E-state index in [2.05, 4.69) is 18.2 Å². The van der Waals surface area contributed by atoms with Gasteiger partial charge < -0.3 is 0 Å². The third kappa shape index (κ3) is 1.79. The van der Waals surface area contributed by atoms with Gasteiger partial charge in [0.25, 0.3) is 0 Å². The van der Waals surface area contributed by atoms with Gasteiger partial charge >= 0.3 is 0 Å². The van der Waals surface area contributed by atoms with E-state index >= 15 is 0 Å². The van der Waals surface area contributed by atoms with E-state index in [0.29, 0.717) is 0 Å². The van der Waals surface area contributed by atoms with Crippen LogP contribution < -0.4 is 10.9 Å². The van der Waals surface area contributed by atoms with E-state index < -0.39 is 0 Å². The van der Waals surface area contributed by atoms with Crippen molar-refractivity contribution in [2.24, 2.45) is 0 Å². The van der Waals surface area contributed by atoms with Gasteiger partial charge in [0.15, 0.2) is 10.9 Å². The van der Waals surface area contributed by atoms with Crippen molar-refractivity contribution in [2.75, 3.05) is 0 Å². The van der Waals surface area contributed by atoms with Crippen molar-refractivity contribution in [3.63, 3.8) is 0 Å². The molecule has 0 spiro atoms. The first-order valence-electron chi connectivity index (χ1n) is 10.0. The highest BCUT2D eigenvalue weighted by molar-refractivity contribution is 6.30. The number of hydrogen-bond donors (Lipinski definition) is 0. The fraction of sp³-hybridized carbons (Fsp3) is 0. The molecular formula is C28H14O2. The standard InChI is InChI=1S/C28H14O2/c29-27-20-8-4-2-6-18(20)26-21(27)12-11-15-9-10-16-13-23-17-5-1-3-7-19(17)28(30)24(23)14-22(16)25(15)26/h1-14H. The van der Waals surface area contributed by atoms with Crippen LogP contribution in [0.25, 0.3) is 64.6 Å². The SMILES string of the molecule is O=c1c2ccccc2c2cc3ccc4ccc5c(=O)c6ccccc6c5c4c3cc12. The maximum absolute atomic E-state index is 13.1. The van der Waals surface area contributed by atoms with Gasteiger partial charge in [-0.05, 0) is 55.9 Å². The molecular weight excluding hydrogens is 368 g/mol. The monoisotopic (exact) mass is 382 g/mol. The fourth-order valence-corrected chi connectivity index (χ4v) is 5.18. The van der Waals surface area contributed by atoms with Gasteiger partial charge in [-0.2, -0.15) is 0 Å². The Hall–Kier alpha value is -4.04. The van der Waals surface area contributed by atoms with Crippen LogP contribution in [0, 0.1) is 0 Å². The van der Waals surface area contributed by atoms with Crippen LogP contribution in [-0.4, -0.2) is 0 Å². The second-order valence-corrected chi connectivity index (χ2v) is 8.02. The summed E-state index contributed by atoms with van der Waals surface area (Å²) in [6, 6.07) is 27.9. The van der Waals surface area contributed by atoms with Crippen LogP contribution in [0.1, 0.15) is 0 Å². The molecule has 0 aliphatic rings. The molecule has 0 saturated heterocycles. The van der Waals surface area contributed by atoms with E-state index in [0.717, 1.165) is 64.6 Å². The number of rotatable bonds is 0. The summed E-state index contributed by atoms with van der Waals surface area (Å²) in [6.07, 6.45) is 0. The number of benzene rings is 5. The van der Waals surface area contributed by atoms with Crippen LogP contribution in [0.4, 0.5) is 0 Å². The second kappa shape index (κ2) is 5.31. The molecule has 7 aromatic carbocycles. The summed E-state index contributed by atoms with van der Waals surface area (Å²) < 4.78 is 0. The summed E-state index contributed by atoms with van der Waals surface area (Å²) in [5, 5.41) is 11.2. The van der Waals surface area contributed by atoms with Crippen LogP contribution in [0.5, 0.6) is 0 Å². The smallest absolute Gasteiger partial charge is 0.194 e. The fourth-order valence-electron chi connectivity index (χ4n) is 5.18. The van der Waals surface area contributed by atoms with Crippen LogP contribution in [0.15, 0.2) is 94.5 Å². The molecule has 0 N–H and O–H groups in total. The lowest BCUT2D eigenvalue weighted by Crippen LogP contribution is -1.94. The molecule has 138 valence electrons. The molecule has 30 heavy (non-hydrogen) atoms. The van der Waals surface area contributed by atoms with Crippen molar-refractivity contribution in [1.82, 2.24) is 0 Å². The second-order valence-electron chi connectivity index (χ2n) is 8.02. The Balaban J connectivity index is 1.81. The zero-order valence-electron chi connectivity index (χ0n) is 15.9. The van der Waals surface area contributed by atoms with E-state index in [1.54, 1.807) is 0 Å². The van der Waals surface area contributed by atoms with E-state index in [9.17, 15) is 9.59 Å². The van der Waals surface area contributed by atoms with Gasteiger partial charge in [0.2, 0.25) is 0 Å². The average molecular weight is 382 g/mol. The molecule has 2 heteroatoms. The van der Waals surface area contributed by atoms with E-state index in [4.69, 9.17) is 0 Å². The molecule has 0 aliphatic heterocycles. The minimum absolute atomic E-state index is 0.0727. The Morgan fingerprint density at radius 1 is 0.367 bits per heavy atom. The third-order valence-electron chi connectivity index (χ3n) is 6.53. The van der Waals surface area contributed by atoms with Crippen LogP contribution in [0.3, 0.4) is 0 Å². The highest BCUT2D eigenvalue weighted by atomic mass is 16.1. The quantitative estimate of drug-likeness (QED) is 0.293. The van der Waals surface area contributed by atoms with Crippen molar-refractivity contribution in [2.45, 2.75) is 0 Å². The van der Waals surface area contributed by atoms with Gasteiger partial charge in [0.1, 0.15) is 0 Å². The van der Waals surface area contributed by atoms with E-state index in [1.165, 1.54) is 0 Å². The normalized spacial score (nSPS) is 12.3. The Morgan fingerprint density at radius 3 is 1.77 bits per heavy atom. The Morgan fingerprint density at radius 2 is 0.967 bits per heavy atom. The molecule has 0 amide bonds. The Labute approximate surface area is 170 Å². The lowest BCUT2D eigenvalue weighted by molar-refractivity contribution is 1.80. The van der Waals surface area contributed by atoms with Crippen molar-refractivity contribution in [3.8, 4) is 0 Å². The molecule has 7 rings (SSSR count). The molecule has 0 atom stereocenters. The van der Waals surface area contributed by atoms with Crippen molar-refractivity contribution < 1.29 is 0 Å². The maximum atomic E-state index is 13.1. The van der Waals surface area contributed by atoms with Crippen molar-refractivity contribution in [1.29, 1.82) is 0 Å². The summed E-state index contributed by atoms with van der Waals surface area (Å²) in [7, 11) is 0. The van der Waals surface area contributed by atoms with Gasteiger partial charge in [0, 0.05) is 26.9 Å². The summed E-state index contributed by atoms with van der Waals surface area (Å²) >= 11 is 0. The molecule has 0 bridgehead atoms. The first kappa shape index (κ1) is 15.8.